The lowest BCUT2D eigenvalue weighted by molar-refractivity contribution is 0.0421. The van der Waals surface area contributed by atoms with E-state index in [0.29, 0.717) is 18.8 Å². The van der Waals surface area contributed by atoms with E-state index in [2.05, 4.69) is 0 Å². The van der Waals surface area contributed by atoms with E-state index in [4.69, 9.17) is 10.2 Å². The van der Waals surface area contributed by atoms with Gasteiger partial charge in [0.15, 0.2) is 5.76 Å². The summed E-state index contributed by atoms with van der Waals surface area (Å²) in [6.45, 7) is 5.14. The van der Waals surface area contributed by atoms with E-state index in [1.165, 1.54) is 0 Å². The van der Waals surface area contributed by atoms with Crippen LogP contribution >= 0.6 is 0 Å². The maximum atomic E-state index is 11.8. The zero-order valence-electron chi connectivity index (χ0n) is 9.12. The molecule has 82 valence electrons. The normalized spacial score (nSPS) is 18.7. The molecule has 1 aliphatic heterocycles. The Morgan fingerprint density at radius 3 is 2.73 bits per heavy atom. The van der Waals surface area contributed by atoms with Gasteiger partial charge in [0, 0.05) is 25.0 Å². The number of nitrogens with zero attached hydrogens (tertiary/aromatic N) is 1. The Morgan fingerprint density at radius 1 is 1.60 bits per heavy atom. The maximum absolute atomic E-state index is 11.8. The van der Waals surface area contributed by atoms with E-state index in [-0.39, 0.29) is 11.4 Å². The molecule has 2 heterocycles. The van der Waals surface area contributed by atoms with Gasteiger partial charge in [0.2, 0.25) is 0 Å². The van der Waals surface area contributed by atoms with Crippen LogP contribution in [0.2, 0.25) is 0 Å². The highest BCUT2D eigenvalue weighted by Crippen LogP contribution is 2.21. The van der Waals surface area contributed by atoms with Crippen LogP contribution < -0.4 is 5.73 Å². The summed E-state index contributed by atoms with van der Waals surface area (Å²) in [4.78, 5) is 13.5. The van der Waals surface area contributed by atoms with Gasteiger partial charge >= 0.3 is 0 Å². The fourth-order valence-electron chi connectivity index (χ4n) is 1.81. The van der Waals surface area contributed by atoms with Crippen molar-refractivity contribution in [2.75, 3.05) is 13.1 Å². The average molecular weight is 208 g/mol. The molecule has 0 unspecified atom stereocenters. The van der Waals surface area contributed by atoms with Crippen molar-refractivity contribution in [3.05, 3.63) is 23.7 Å². The predicted octanol–water partition coefficient (Wildman–Crippen LogP) is 1.02. The lowest BCUT2D eigenvalue weighted by Gasteiger charge is -2.44. The number of likely N-dealkylation sites (tertiary alicyclic amines) is 1. The van der Waals surface area contributed by atoms with Crippen LogP contribution in [0.15, 0.2) is 16.5 Å². The molecule has 0 radical (unpaired) electrons. The zero-order chi connectivity index (χ0) is 11.1. The number of carbonyl (C=O) groups excluding carboxylic acids is 1. The lowest BCUT2D eigenvalue weighted by Crippen LogP contribution is -2.66. The SMILES string of the molecule is CCc1ccc(C(=O)N2CC(C)(N)C2)o1. The fraction of sp³-hybridized carbons (Fsp3) is 0.545. The second-order valence-corrected chi connectivity index (χ2v) is 4.43. The van der Waals surface area contributed by atoms with Crippen LogP contribution in [0.25, 0.3) is 0 Å². The Morgan fingerprint density at radius 2 is 2.27 bits per heavy atom. The number of nitrogens with two attached hydrogens (primary N) is 1. The minimum atomic E-state index is -0.226. The number of amides is 1. The minimum absolute atomic E-state index is 0.0578. The van der Waals surface area contributed by atoms with E-state index in [0.717, 1.165) is 12.2 Å². The first kappa shape index (κ1) is 10.2. The zero-order valence-corrected chi connectivity index (χ0v) is 9.12. The molecule has 1 aromatic heterocycles. The second-order valence-electron chi connectivity index (χ2n) is 4.43. The van der Waals surface area contributed by atoms with E-state index >= 15 is 0 Å². The average Bonchev–Trinajstić information content (AvgIpc) is 2.61. The van der Waals surface area contributed by atoms with Gasteiger partial charge in [-0.3, -0.25) is 4.79 Å². The summed E-state index contributed by atoms with van der Waals surface area (Å²) in [6, 6.07) is 3.57. The molecule has 0 saturated carbocycles. The molecule has 4 heteroatoms. The summed E-state index contributed by atoms with van der Waals surface area (Å²) in [7, 11) is 0. The van der Waals surface area contributed by atoms with Crippen molar-refractivity contribution in [1.82, 2.24) is 4.90 Å². The Bertz CT molecular complexity index is 374. The third kappa shape index (κ3) is 1.90. The van der Waals surface area contributed by atoms with Crippen LogP contribution in [0.1, 0.15) is 30.2 Å². The van der Waals surface area contributed by atoms with Crippen LogP contribution in [-0.2, 0) is 6.42 Å². The Labute approximate surface area is 89.0 Å². The molecule has 4 nitrogen and oxygen atoms in total. The summed E-state index contributed by atoms with van der Waals surface area (Å²) in [5.41, 5.74) is 5.61. The summed E-state index contributed by atoms with van der Waals surface area (Å²) >= 11 is 0. The summed E-state index contributed by atoms with van der Waals surface area (Å²) in [5.74, 6) is 1.20. The minimum Gasteiger partial charge on any atom is -0.456 e. The third-order valence-corrected chi connectivity index (χ3v) is 2.61. The van der Waals surface area contributed by atoms with E-state index in [1.54, 1.807) is 11.0 Å². The number of rotatable bonds is 2. The number of hydrogen-bond donors (Lipinski definition) is 1. The molecule has 1 amide bonds. The molecule has 0 spiro atoms. The number of furan rings is 1. The topological polar surface area (TPSA) is 59.5 Å². The van der Waals surface area contributed by atoms with E-state index in [9.17, 15) is 4.79 Å². The van der Waals surface area contributed by atoms with Crippen molar-refractivity contribution in [1.29, 1.82) is 0 Å². The highest BCUT2D eigenvalue weighted by atomic mass is 16.4. The van der Waals surface area contributed by atoms with Gasteiger partial charge in [0.05, 0.1) is 0 Å². The van der Waals surface area contributed by atoms with E-state index < -0.39 is 0 Å². The van der Waals surface area contributed by atoms with E-state index in [1.807, 2.05) is 19.9 Å². The van der Waals surface area contributed by atoms with Crippen molar-refractivity contribution >= 4 is 5.91 Å². The van der Waals surface area contributed by atoms with Gasteiger partial charge in [-0.05, 0) is 19.1 Å². The Hall–Kier alpha value is -1.29. The van der Waals surface area contributed by atoms with Crippen molar-refractivity contribution in [2.24, 2.45) is 5.73 Å². The Balaban J connectivity index is 2.03. The molecule has 15 heavy (non-hydrogen) atoms. The van der Waals surface area contributed by atoms with Gasteiger partial charge in [-0.15, -0.1) is 0 Å². The molecule has 1 aromatic rings. The van der Waals surface area contributed by atoms with Gasteiger partial charge in [0.25, 0.3) is 5.91 Å². The highest BCUT2D eigenvalue weighted by molar-refractivity contribution is 5.92. The van der Waals surface area contributed by atoms with Crippen LogP contribution in [0, 0.1) is 0 Å². The molecule has 0 aromatic carbocycles. The first-order valence-electron chi connectivity index (χ1n) is 5.19. The maximum Gasteiger partial charge on any atom is 0.289 e. The van der Waals surface area contributed by atoms with Gasteiger partial charge in [-0.1, -0.05) is 6.92 Å². The summed E-state index contributed by atoms with van der Waals surface area (Å²) in [5, 5.41) is 0. The first-order valence-corrected chi connectivity index (χ1v) is 5.19. The van der Waals surface area contributed by atoms with Crippen LogP contribution in [0.3, 0.4) is 0 Å². The molecule has 0 bridgehead atoms. The largest absolute Gasteiger partial charge is 0.456 e. The summed E-state index contributed by atoms with van der Waals surface area (Å²) < 4.78 is 5.39. The van der Waals surface area contributed by atoms with Crippen LogP contribution in [0.4, 0.5) is 0 Å². The molecule has 0 aliphatic carbocycles. The van der Waals surface area contributed by atoms with Crippen molar-refractivity contribution in [3.8, 4) is 0 Å². The molecule has 2 N–H and O–H groups in total. The quantitative estimate of drug-likeness (QED) is 0.789. The predicted molar refractivity (Wildman–Crippen MR) is 56.6 cm³/mol. The molecule has 1 aliphatic rings. The Kier molecular flexibility index (Phi) is 2.31. The number of aryl methyl sites for hydroxylation is 1. The number of hydrogen-bond acceptors (Lipinski definition) is 3. The molecule has 2 rings (SSSR count). The van der Waals surface area contributed by atoms with Gasteiger partial charge < -0.3 is 15.1 Å². The van der Waals surface area contributed by atoms with Gasteiger partial charge in [-0.2, -0.15) is 0 Å². The van der Waals surface area contributed by atoms with Crippen molar-refractivity contribution in [2.45, 2.75) is 25.8 Å². The fourth-order valence-corrected chi connectivity index (χ4v) is 1.81. The third-order valence-electron chi connectivity index (χ3n) is 2.61. The van der Waals surface area contributed by atoms with Crippen molar-refractivity contribution in [3.63, 3.8) is 0 Å². The van der Waals surface area contributed by atoms with Crippen LogP contribution in [0.5, 0.6) is 0 Å². The second kappa shape index (κ2) is 3.38. The molecule has 1 fully saturated rings. The van der Waals surface area contributed by atoms with Crippen molar-refractivity contribution < 1.29 is 9.21 Å². The highest BCUT2D eigenvalue weighted by Gasteiger charge is 2.38. The molecule has 1 saturated heterocycles. The summed E-state index contributed by atoms with van der Waals surface area (Å²) in [6.07, 6.45) is 0.807. The number of carbonyl (C=O) groups is 1. The lowest BCUT2D eigenvalue weighted by atomic mass is 9.93. The van der Waals surface area contributed by atoms with Gasteiger partial charge in [0.1, 0.15) is 5.76 Å². The monoisotopic (exact) mass is 208 g/mol. The first-order chi connectivity index (χ1) is 7.02. The smallest absolute Gasteiger partial charge is 0.289 e. The molecule has 0 atom stereocenters. The standard InChI is InChI=1S/C11H16N2O2/c1-3-8-4-5-9(15-8)10(14)13-6-11(2,12)7-13/h4-5H,3,6-7,12H2,1-2H3. The molecular weight excluding hydrogens is 192 g/mol. The van der Waals surface area contributed by atoms with Crippen LogP contribution in [-0.4, -0.2) is 29.4 Å². The van der Waals surface area contributed by atoms with Gasteiger partial charge in [-0.25, -0.2) is 0 Å². The molecular formula is C11H16N2O2.